The number of hydrogen-bond acceptors (Lipinski definition) is 4. The second-order valence-corrected chi connectivity index (χ2v) is 5.34. The molecule has 2 N–H and O–H groups in total. The van der Waals surface area contributed by atoms with Crippen LogP contribution in [0.25, 0.3) is 0 Å². The van der Waals surface area contributed by atoms with Crippen molar-refractivity contribution >= 4 is 12.6 Å². The number of rotatable bonds is 11. The van der Waals surface area contributed by atoms with Crippen molar-refractivity contribution in [2.75, 3.05) is 26.2 Å². The SMILES string of the molecule is CCCCN(CCCC)CCOc1cccc(B(O)O)c1. The summed E-state index contributed by atoms with van der Waals surface area (Å²) in [4.78, 5) is 2.44. The minimum absolute atomic E-state index is 0.460. The summed E-state index contributed by atoms with van der Waals surface area (Å²) in [7, 11) is -1.45. The van der Waals surface area contributed by atoms with Gasteiger partial charge in [-0.05, 0) is 43.5 Å². The third kappa shape index (κ3) is 7.51. The predicted octanol–water partition coefficient (Wildman–Crippen LogP) is 1.65. The molecular formula is C16H28BNO3. The molecule has 4 nitrogen and oxygen atoms in total. The summed E-state index contributed by atoms with van der Waals surface area (Å²) >= 11 is 0. The molecule has 0 saturated carbocycles. The third-order valence-corrected chi connectivity index (χ3v) is 3.49. The first-order valence-corrected chi connectivity index (χ1v) is 7.98. The molecule has 0 aliphatic heterocycles. The minimum Gasteiger partial charge on any atom is -0.492 e. The van der Waals surface area contributed by atoms with Crippen LogP contribution in [0.4, 0.5) is 0 Å². The molecule has 5 heteroatoms. The van der Waals surface area contributed by atoms with E-state index in [9.17, 15) is 0 Å². The normalized spacial score (nSPS) is 10.9. The molecule has 1 aromatic carbocycles. The molecule has 1 rings (SSSR count). The lowest BCUT2D eigenvalue weighted by Crippen LogP contribution is -2.31. The summed E-state index contributed by atoms with van der Waals surface area (Å²) < 4.78 is 5.72. The molecule has 0 fully saturated rings. The fourth-order valence-corrected chi connectivity index (χ4v) is 2.16. The summed E-state index contributed by atoms with van der Waals surface area (Å²) in [6.07, 6.45) is 4.85. The average molecular weight is 293 g/mol. The van der Waals surface area contributed by atoms with Crippen LogP contribution in [0.1, 0.15) is 39.5 Å². The zero-order chi connectivity index (χ0) is 15.5. The standard InChI is InChI=1S/C16H28BNO3/c1-3-5-10-18(11-6-4-2)12-13-21-16-9-7-8-15(14-16)17(19)20/h7-9,14,19-20H,3-6,10-13H2,1-2H3. The Morgan fingerprint density at radius 1 is 1.05 bits per heavy atom. The Bertz CT molecular complexity index is 380. The number of benzene rings is 1. The van der Waals surface area contributed by atoms with Gasteiger partial charge in [0, 0.05) is 6.54 Å². The fraction of sp³-hybridized carbons (Fsp3) is 0.625. The van der Waals surface area contributed by atoms with Crippen molar-refractivity contribution in [3.63, 3.8) is 0 Å². The van der Waals surface area contributed by atoms with Crippen molar-refractivity contribution in [1.82, 2.24) is 4.90 Å². The van der Waals surface area contributed by atoms with Gasteiger partial charge in [-0.25, -0.2) is 0 Å². The molecule has 0 heterocycles. The van der Waals surface area contributed by atoms with Gasteiger partial charge in [0.05, 0.1) is 0 Å². The Balaban J connectivity index is 2.39. The van der Waals surface area contributed by atoms with E-state index in [1.807, 2.05) is 6.07 Å². The molecule has 118 valence electrons. The van der Waals surface area contributed by atoms with E-state index in [0.717, 1.165) is 19.6 Å². The quantitative estimate of drug-likeness (QED) is 0.609. The first-order valence-electron chi connectivity index (χ1n) is 7.98. The Morgan fingerprint density at radius 3 is 2.29 bits per heavy atom. The summed E-state index contributed by atoms with van der Waals surface area (Å²) in [6, 6.07) is 6.96. The van der Waals surface area contributed by atoms with Gasteiger partial charge in [-0.2, -0.15) is 0 Å². The van der Waals surface area contributed by atoms with Crippen molar-refractivity contribution in [1.29, 1.82) is 0 Å². The maximum absolute atomic E-state index is 9.15. The fourth-order valence-electron chi connectivity index (χ4n) is 2.16. The molecule has 0 aliphatic rings. The van der Waals surface area contributed by atoms with E-state index in [-0.39, 0.29) is 0 Å². The largest absolute Gasteiger partial charge is 0.492 e. The highest BCUT2D eigenvalue weighted by Gasteiger charge is 2.11. The van der Waals surface area contributed by atoms with Crippen LogP contribution in [0.15, 0.2) is 24.3 Å². The van der Waals surface area contributed by atoms with Gasteiger partial charge in [0.15, 0.2) is 0 Å². The lowest BCUT2D eigenvalue weighted by Gasteiger charge is -2.22. The summed E-state index contributed by atoms with van der Waals surface area (Å²) in [5.41, 5.74) is 0.460. The van der Waals surface area contributed by atoms with Gasteiger partial charge in [0.1, 0.15) is 12.4 Å². The van der Waals surface area contributed by atoms with Crippen molar-refractivity contribution in [3.05, 3.63) is 24.3 Å². The van der Waals surface area contributed by atoms with Crippen LogP contribution in [0.5, 0.6) is 5.75 Å². The van der Waals surface area contributed by atoms with Crippen LogP contribution >= 0.6 is 0 Å². The van der Waals surface area contributed by atoms with E-state index in [4.69, 9.17) is 14.8 Å². The van der Waals surface area contributed by atoms with Crippen LogP contribution in [-0.4, -0.2) is 48.3 Å². The highest BCUT2D eigenvalue weighted by atomic mass is 16.5. The van der Waals surface area contributed by atoms with Crippen LogP contribution in [0.2, 0.25) is 0 Å². The molecule has 0 unspecified atom stereocenters. The number of nitrogens with zero attached hydrogens (tertiary/aromatic N) is 1. The van der Waals surface area contributed by atoms with Gasteiger partial charge in [0.2, 0.25) is 0 Å². The molecule has 0 aromatic heterocycles. The maximum Gasteiger partial charge on any atom is 0.488 e. The van der Waals surface area contributed by atoms with E-state index in [2.05, 4.69) is 18.7 Å². The monoisotopic (exact) mass is 293 g/mol. The number of ether oxygens (including phenoxy) is 1. The summed E-state index contributed by atoms with van der Waals surface area (Å²) in [5.74, 6) is 0.687. The lowest BCUT2D eigenvalue weighted by atomic mass is 9.80. The lowest BCUT2D eigenvalue weighted by molar-refractivity contribution is 0.204. The number of hydrogen-bond donors (Lipinski definition) is 2. The van der Waals surface area contributed by atoms with E-state index >= 15 is 0 Å². The topological polar surface area (TPSA) is 52.9 Å². The molecule has 0 bridgehead atoms. The highest BCUT2D eigenvalue weighted by Crippen LogP contribution is 2.08. The second kappa shape index (κ2) is 10.7. The Kier molecular flexibility index (Phi) is 9.14. The first-order chi connectivity index (χ1) is 10.2. The predicted molar refractivity (Wildman–Crippen MR) is 88.0 cm³/mol. The smallest absolute Gasteiger partial charge is 0.488 e. The minimum atomic E-state index is -1.45. The molecule has 1 aromatic rings. The average Bonchev–Trinajstić information content (AvgIpc) is 2.49. The van der Waals surface area contributed by atoms with Gasteiger partial charge >= 0.3 is 7.12 Å². The van der Waals surface area contributed by atoms with Crippen LogP contribution in [0.3, 0.4) is 0 Å². The molecule has 0 amide bonds. The van der Waals surface area contributed by atoms with Gasteiger partial charge < -0.3 is 14.8 Å². The van der Waals surface area contributed by atoms with E-state index < -0.39 is 7.12 Å². The van der Waals surface area contributed by atoms with Crippen molar-refractivity contribution in [3.8, 4) is 5.75 Å². The molecular weight excluding hydrogens is 265 g/mol. The van der Waals surface area contributed by atoms with Crippen LogP contribution in [0, 0.1) is 0 Å². The zero-order valence-electron chi connectivity index (χ0n) is 13.3. The molecule has 0 saturated heterocycles. The highest BCUT2D eigenvalue weighted by molar-refractivity contribution is 6.58. The number of unbranched alkanes of at least 4 members (excludes halogenated alkanes) is 2. The molecule has 0 spiro atoms. The zero-order valence-corrected chi connectivity index (χ0v) is 13.3. The van der Waals surface area contributed by atoms with E-state index in [0.29, 0.717) is 17.8 Å². The van der Waals surface area contributed by atoms with Gasteiger partial charge in [-0.3, -0.25) is 4.90 Å². The summed E-state index contributed by atoms with van der Waals surface area (Å²) in [6.45, 7) is 8.19. The van der Waals surface area contributed by atoms with Gasteiger partial charge in [-0.15, -0.1) is 0 Å². The van der Waals surface area contributed by atoms with Crippen molar-refractivity contribution in [2.24, 2.45) is 0 Å². The third-order valence-electron chi connectivity index (χ3n) is 3.49. The van der Waals surface area contributed by atoms with Crippen molar-refractivity contribution in [2.45, 2.75) is 39.5 Å². The maximum atomic E-state index is 9.15. The first kappa shape index (κ1) is 18.0. The van der Waals surface area contributed by atoms with Crippen molar-refractivity contribution < 1.29 is 14.8 Å². The van der Waals surface area contributed by atoms with Gasteiger partial charge in [0.25, 0.3) is 0 Å². The molecule has 0 aliphatic carbocycles. The summed E-state index contributed by atoms with van der Waals surface area (Å²) in [5, 5.41) is 18.3. The molecule has 0 radical (unpaired) electrons. The molecule has 21 heavy (non-hydrogen) atoms. The van der Waals surface area contributed by atoms with E-state index in [1.165, 1.54) is 25.7 Å². The van der Waals surface area contributed by atoms with Crippen LogP contribution in [-0.2, 0) is 0 Å². The second-order valence-electron chi connectivity index (χ2n) is 5.34. The molecule has 0 atom stereocenters. The van der Waals surface area contributed by atoms with Gasteiger partial charge in [-0.1, -0.05) is 38.8 Å². The van der Waals surface area contributed by atoms with Crippen LogP contribution < -0.4 is 10.2 Å². The Labute approximate surface area is 128 Å². The van der Waals surface area contributed by atoms with E-state index in [1.54, 1.807) is 18.2 Å². The Morgan fingerprint density at radius 2 is 1.71 bits per heavy atom. The Hall–Kier alpha value is -1.04.